The van der Waals surface area contributed by atoms with Gasteiger partial charge in [0.05, 0.1) is 5.75 Å². The van der Waals surface area contributed by atoms with Crippen molar-refractivity contribution >= 4 is 23.3 Å². The van der Waals surface area contributed by atoms with Crippen LogP contribution in [0.4, 0.5) is 0 Å². The van der Waals surface area contributed by atoms with Crippen LogP contribution in [0.5, 0.6) is 0 Å². The van der Waals surface area contributed by atoms with Crippen LogP contribution in [0.2, 0.25) is 0 Å². The Bertz CT molecular complexity index is 948. The number of carbonyl (C=O) groups is 1. The van der Waals surface area contributed by atoms with Crippen LogP contribution in [0, 0.1) is 13.8 Å². The molecule has 1 aliphatic carbocycles. The van der Waals surface area contributed by atoms with Crippen molar-refractivity contribution < 1.29 is 4.79 Å². The third kappa shape index (κ3) is 2.82. The molecule has 0 spiro atoms. The van der Waals surface area contributed by atoms with Gasteiger partial charge < -0.3 is 0 Å². The lowest BCUT2D eigenvalue weighted by molar-refractivity contribution is 0.102. The molecule has 0 fully saturated rings. The molecule has 0 N–H and O–H groups in total. The molecular formula is C18H18N4OS. The minimum absolute atomic E-state index is 0.120. The van der Waals surface area contributed by atoms with E-state index in [2.05, 4.69) is 27.2 Å². The number of hydrogen-bond donors (Lipinski definition) is 0. The number of nitrogens with zero attached hydrogens (tertiary/aromatic N) is 4. The van der Waals surface area contributed by atoms with Crippen LogP contribution in [0.15, 0.2) is 29.4 Å². The van der Waals surface area contributed by atoms with Crippen LogP contribution in [0.1, 0.15) is 39.3 Å². The number of Topliss-reactive ketones (excluding diaryl/α,β-unsaturated/α-hetero) is 1. The van der Waals surface area contributed by atoms with Crippen molar-refractivity contribution in [3.05, 3.63) is 52.3 Å². The highest BCUT2D eigenvalue weighted by Gasteiger charge is 2.15. The predicted molar refractivity (Wildman–Crippen MR) is 93.8 cm³/mol. The molecule has 2 heterocycles. The van der Waals surface area contributed by atoms with Gasteiger partial charge >= 0.3 is 0 Å². The largest absolute Gasteiger partial charge is 0.293 e. The van der Waals surface area contributed by atoms with Crippen LogP contribution in [0.25, 0.3) is 5.78 Å². The van der Waals surface area contributed by atoms with Gasteiger partial charge in [0.1, 0.15) is 0 Å². The number of fused-ring (bicyclic) bond motifs is 2. The number of rotatable bonds is 4. The van der Waals surface area contributed by atoms with Crippen LogP contribution in [0.3, 0.4) is 0 Å². The van der Waals surface area contributed by atoms with Gasteiger partial charge in [-0.1, -0.05) is 23.9 Å². The van der Waals surface area contributed by atoms with Crippen LogP contribution >= 0.6 is 11.8 Å². The Kier molecular flexibility index (Phi) is 3.84. The summed E-state index contributed by atoms with van der Waals surface area (Å²) in [5.41, 5.74) is 5.40. The molecule has 0 amide bonds. The van der Waals surface area contributed by atoms with Gasteiger partial charge in [-0.3, -0.25) is 4.79 Å². The second kappa shape index (κ2) is 6.02. The lowest BCUT2D eigenvalue weighted by atomic mass is 10.0. The number of thioether (sulfide) groups is 1. The lowest BCUT2D eigenvalue weighted by Gasteiger charge is -2.03. The third-order valence-corrected chi connectivity index (χ3v) is 5.19. The predicted octanol–water partition coefficient (Wildman–Crippen LogP) is 3.20. The molecule has 6 heteroatoms. The second-order valence-corrected chi connectivity index (χ2v) is 7.14. The van der Waals surface area contributed by atoms with E-state index in [0.29, 0.717) is 16.7 Å². The van der Waals surface area contributed by atoms with E-state index < -0.39 is 0 Å². The summed E-state index contributed by atoms with van der Waals surface area (Å²) in [7, 11) is 0. The average molecular weight is 338 g/mol. The summed E-state index contributed by atoms with van der Waals surface area (Å²) in [5.74, 6) is 1.04. The normalized spacial score (nSPS) is 13.4. The fourth-order valence-corrected chi connectivity index (χ4v) is 3.88. The lowest BCUT2D eigenvalue weighted by Crippen LogP contribution is -2.03. The van der Waals surface area contributed by atoms with Crippen LogP contribution in [-0.4, -0.2) is 31.1 Å². The number of aryl methyl sites for hydroxylation is 4. The Balaban J connectivity index is 1.50. The second-order valence-electron chi connectivity index (χ2n) is 6.19. The van der Waals surface area contributed by atoms with E-state index in [9.17, 15) is 4.79 Å². The molecule has 1 aliphatic rings. The van der Waals surface area contributed by atoms with Crippen molar-refractivity contribution in [1.29, 1.82) is 0 Å². The van der Waals surface area contributed by atoms with Crippen molar-refractivity contribution in [2.75, 3.05) is 5.75 Å². The summed E-state index contributed by atoms with van der Waals surface area (Å²) in [6.07, 6.45) is 3.41. The van der Waals surface area contributed by atoms with Gasteiger partial charge in [0.2, 0.25) is 5.16 Å². The van der Waals surface area contributed by atoms with Crippen molar-refractivity contribution in [3.63, 3.8) is 0 Å². The molecule has 122 valence electrons. The third-order valence-electron chi connectivity index (χ3n) is 4.35. The molecule has 0 saturated heterocycles. The molecule has 1 aromatic carbocycles. The summed E-state index contributed by atoms with van der Waals surface area (Å²) in [5, 5.41) is 5.02. The summed E-state index contributed by atoms with van der Waals surface area (Å²) in [6, 6.07) is 8.06. The molecule has 0 aliphatic heterocycles. The zero-order valence-corrected chi connectivity index (χ0v) is 14.6. The zero-order chi connectivity index (χ0) is 16.7. The van der Waals surface area contributed by atoms with Crippen LogP contribution in [-0.2, 0) is 12.8 Å². The van der Waals surface area contributed by atoms with Gasteiger partial charge in [-0.2, -0.15) is 4.98 Å². The average Bonchev–Trinajstić information content (AvgIpc) is 3.17. The maximum absolute atomic E-state index is 12.5. The molecule has 4 rings (SSSR count). The minimum Gasteiger partial charge on any atom is -0.293 e. The maximum atomic E-state index is 12.5. The topological polar surface area (TPSA) is 60.2 Å². The molecule has 2 aromatic heterocycles. The van der Waals surface area contributed by atoms with Crippen molar-refractivity contribution in [1.82, 2.24) is 19.6 Å². The first-order valence-corrected chi connectivity index (χ1v) is 9.07. The van der Waals surface area contributed by atoms with Gasteiger partial charge in [0, 0.05) is 17.0 Å². The Morgan fingerprint density at radius 1 is 1.17 bits per heavy atom. The van der Waals surface area contributed by atoms with E-state index >= 15 is 0 Å². The first-order valence-electron chi connectivity index (χ1n) is 8.09. The zero-order valence-electron chi connectivity index (χ0n) is 13.7. The van der Waals surface area contributed by atoms with E-state index in [1.165, 1.54) is 29.3 Å². The van der Waals surface area contributed by atoms with Crippen LogP contribution < -0.4 is 0 Å². The minimum atomic E-state index is 0.120. The Morgan fingerprint density at radius 3 is 2.88 bits per heavy atom. The molecule has 5 nitrogen and oxygen atoms in total. The molecule has 0 bridgehead atoms. The van der Waals surface area contributed by atoms with Crippen molar-refractivity contribution in [2.24, 2.45) is 0 Å². The van der Waals surface area contributed by atoms with E-state index in [-0.39, 0.29) is 5.78 Å². The molecular weight excluding hydrogens is 320 g/mol. The van der Waals surface area contributed by atoms with Crippen molar-refractivity contribution in [3.8, 4) is 0 Å². The molecule has 3 aromatic rings. The fourth-order valence-electron chi connectivity index (χ4n) is 3.17. The highest BCUT2D eigenvalue weighted by atomic mass is 32.2. The Labute approximate surface area is 144 Å². The number of ketones is 1. The van der Waals surface area contributed by atoms with E-state index in [4.69, 9.17) is 0 Å². The standard InChI is InChI=1S/C18H18N4OS/c1-11-8-12(2)22-17(19-11)20-18(21-22)24-10-16(23)15-7-6-13-4-3-5-14(13)9-15/h6-9H,3-5,10H2,1-2H3. The monoisotopic (exact) mass is 338 g/mol. The van der Waals surface area contributed by atoms with Gasteiger partial charge in [-0.05, 0) is 56.4 Å². The van der Waals surface area contributed by atoms with Gasteiger partial charge in [-0.15, -0.1) is 5.10 Å². The molecule has 0 atom stereocenters. The Morgan fingerprint density at radius 2 is 2.00 bits per heavy atom. The highest BCUT2D eigenvalue weighted by Crippen LogP contribution is 2.24. The molecule has 0 saturated carbocycles. The molecule has 24 heavy (non-hydrogen) atoms. The van der Waals surface area contributed by atoms with Gasteiger partial charge in [-0.25, -0.2) is 9.50 Å². The fraction of sp³-hybridized carbons (Fsp3) is 0.333. The summed E-state index contributed by atoms with van der Waals surface area (Å²) >= 11 is 1.36. The highest BCUT2D eigenvalue weighted by molar-refractivity contribution is 7.99. The summed E-state index contributed by atoms with van der Waals surface area (Å²) < 4.78 is 1.72. The summed E-state index contributed by atoms with van der Waals surface area (Å²) in [6.45, 7) is 3.91. The first-order chi connectivity index (χ1) is 11.6. The number of aromatic nitrogens is 4. The summed E-state index contributed by atoms with van der Waals surface area (Å²) in [4.78, 5) is 21.2. The Hall–Kier alpha value is -2.21. The molecule has 0 unspecified atom stereocenters. The van der Waals surface area contributed by atoms with Gasteiger partial charge in [0.15, 0.2) is 5.78 Å². The maximum Gasteiger partial charge on any atom is 0.253 e. The number of hydrogen-bond acceptors (Lipinski definition) is 5. The quantitative estimate of drug-likeness (QED) is 0.540. The molecule has 0 radical (unpaired) electrons. The smallest absolute Gasteiger partial charge is 0.253 e. The van der Waals surface area contributed by atoms with Crippen molar-refractivity contribution in [2.45, 2.75) is 38.3 Å². The van der Waals surface area contributed by atoms with E-state index in [0.717, 1.165) is 29.8 Å². The number of carbonyl (C=O) groups excluding carboxylic acids is 1. The van der Waals surface area contributed by atoms with E-state index in [1.54, 1.807) is 4.52 Å². The first kappa shape index (κ1) is 15.3. The van der Waals surface area contributed by atoms with E-state index in [1.807, 2.05) is 26.0 Å². The SMILES string of the molecule is Cc1cc(C)n2nc(SCC(=O)c3ccc4c(c3)CCC4)nc2n1. The number of benzene rings is 1. The van der Waals surface area contributed by atoms with Gasteiger partial charge in [0.25, 0.3) is 5.78 Å².